The summed E-state index contributed by atoms with van der Waals surface area (Å²) >= 11 is 0. The molecule has 1 fully saturated rings. The largest absolute Gasteiger partial charge is 0.393 e. The van der Waals surface area contributed by atoms with Crippen molar-refractivity contribution in [1.29, 1.82) is 5.26 Å². The highest BCUT2D eigenvalue weighted by Gasteiger charge is 2.20. The monoisotopic (exact) mass is 258 g/mol. The SMILES string of the molecule is N#CC(CNCC1CCCC(O)C1)c1ccccc1. The zero-order chi connectivity index (χ0) is 13.5. The van der Waals surface area contributed by atoms with E-state index in [4.69, 9.17) is 0 Å². The van der Waals surface area contributed by atoms with Crippen LogP contribution in [0.2, 0.25) is 0 Å². The second kappa shape index (κ2) is 7.28. The average Bonchev–Trinajstić information content (AvgIpc) is 2.45. The van der Waals surface area contributed by atoms with Gasteiger partial charge in [-0.15, -0.1) is 0 Å². The number of benzene rings is 1. The van der Waals surface area contributed by atoms with Gasteiger partial charge < -0.3 is 10.4 Å². The number of hydrogen-bond donors (Lipinski definition) is 2. The molecule has 0 aromatic heterocycles. The molecule has 0 spiro atoms. The molecule has 2 rings (SSSR count). The second-order valence-corrected chi connectivity index (χ2v) is 5.44. The summed E-state index contributed by atoms with van der Waals surface area (Å²) < 4.78 is 0. The highest BCUT2D eigenvalue weighted by atomic mass is 16.3. The summed E-state index contributed by atoms with van der Waals surface area (Å²) in [6, 6.07) is 12.3. The Labute approximate surface area is 115 Å². The quantitative estimate of drug-likeness (QED) is 0.853. The van der Waals surface area contributed by atoms with Gasteiger partial charge in [0.2, 0.25) is 0 Å². The van der Waals surface area contributed by atoms with E-state index in [1.165, 1.54) is 6.42 Å². The Hall–Kier alpha value is -1.37. The van der Waals surface area contributed by atoms with E-state index < -0.39 is 0 Å². The van der Waals surface area contributed by atoms with Gasteiger partial charge in [0.15, 0.2) is 0 Å². The maximum absolute atomic E-state index is 9.63. The van der Waals surface area contributed by atoms with Crippen LogP contribution in [0, 0.1) is 17.2 Å². The molecule has 1 aliphatic carbocycles. The molecule has 3 nitrogen and oxygen atoms in total. The van der Waals surface area contributed by atoms with E-state index in [0.717, 1.165) is 31.4 Å². The van der Waals surface area contributed by atoms with Gasteiger partial charge in [-0.25, -0.2) is 0 Å². The van der Waals surface area contributed by atoms with Gasteiger partial charge in [0.25, 0.3) is 0 Å². The first-order valence-electron chi connectivity index (χ1n) is 7.13. The normalized spacial score (nSPS) is 24.6. The predicted octanol–water partition coefficient (Wildman–Crippen LogP) is 2.43. The highest BCUT2D eigenvalue weighted by Crippen LogP contribution is 2.23. The van der Waals surface area contributed by atoms with Crippen LogP contribution in [-0.2, 0) is 0 Å². The van der Waals surface area contributed by atoms with Crippen LogP contribution in [0.4, 0.5) is 0 Å². The summed E-state index contributed by atoms with van der Waals surface area (Å²) in [6.07, 6.45) is 4.03. The number of nitriles is 1. The lowest BCUT2D eigenvalue weighted by Gasteiger charge is -2.26. The number of rotatable bonds is 5. The fourth-order valence-corrected chi connectivity index (χ4v) is 2.80. The summed E-state index contributed by atoms with van der Waals surface area (Å²) in [5.41, 5.74) is 1.07. The van der Waals surface area contributed by atoms with Crippen molar-refractivity contribution in [3.8, 4) is 6.07 Å². The number of nitrogens with one attached hydrogen (secondary N) is 1. The first kappa shape index (κ1) is 14.0. The van der Waals surface area contributed by atoms with Crippen molar-refractivity contribution in [2.24, 2.45) is 5.92 Å². The third kappa shape index (κ3) is 4.34. The molecule has 102 valence electrons. The van der Waals surface area contributed by atoms with E-state index >= 15 is 0 Å². The third-order valence-electron chi connectivity index (χ3n) is 3.89. The van der Waals surface area contributed by atoms with Crippen LogP contribution >= 0.6 is 0 Å². The zero-order valence-electron chi connectivity index (χ0n) is 11.3. The van der Waals surface area contributed by atoms with E-state index in [9.17, 15) is 10.4 Å². The lowest BCUT2D eigenvalue weighted by molar-refractivity contribution is 0.101. The minimum Gasteiger partial charge on any atom is -0.393 e. The smallest absolute Gasteiger partial charge is 0.0837 e. The van der Waals surface area contributed by atoms with E-state index in [0.29, 0.717) is 12.5 Å². The van der Waals surface area contributed by atoms with Crippen LogP contribution in [0.25, 0.3) is 0 Å². The van der Waals surface area contributed by atoms with Gasteiger partial charge in [0, 0.05) is 6.54 Å². The molecule has 0 saturated heterocycles. The molecule has 1 saturated carbocycles. The van der Waals surface area contributed by atoms with E-state index in [-0.39, 0.29) is 12.0 Å². The fourth-order valence-electron chi connectivity index (χ4n) is 2.80. The molecular weight excluding hydrogens is 236 g/mol. The van der Waals surface area contributed by atoms with Crippen LogP contribution in [-0.4, -0.2) is 24.3 Å². The van der Waals surface area contributed by atoms with Gasteiger partial charge in [-0.3, -0.25) is 0 Å². The van der Waals surface area contributed by atoms with Gasteiger partial charge in [-0.05, 0) is 37.3 Å². The Morgan fingerprint density at radius 3 is 2.79 bits per heavy atom. The van der Waals surface area contributed by atoms with E-state index in [1.807, 2.05) is 30.3 Å². The van der Waals surface area contributed by atoms with Crippen LogP contribution in [0.1, 0.15) is 37.2 Å². The minimum atomic E-state index is -0.124. The molecule has 0 bridgehead atoms. The van der Waals surface area contributed by atoms with Crippen molar-refractivity contribution in [2.45, 2.75) is 37.7 Å². The summed E-state index contributed by atoms with van der Waals surface area (Å²) in [6.45, 7) is 1.59. The van der Waals surface area contributed by atoms with Crippen molar-refractivity contribution in [1.82, 2.24) is 5.32 Å². The average molecular weight is 258 g/mol. The molecule has 1 aliphatic rings. The van der Waals surface area contributed by atoms with Gasteiger partial charge in [-0.1, -0.05) is 36.8 Å². The first-order chi connectivity index (χ1) is 9.29. The second-order valence-electron chi connectivity index (χ2n) is 5.44. The third-order valence-corrected chi connectivity index (χ3v) is 3.89. The molecule has 0 radical (unpaired) electrons. The van der Waals surface area contributed by atoms with Gasteiger partial charge >= 0.3 is 0 Å². The molecule has 2 N–H and O–H groups in total. The Kier molecular flexibility index (Phi) is 5.38. The molecule has 1 aromatic carbocycles. The fraction of sp³-hybridized carbons (Fsp3) is 0.562. The summed E-state index contributed by atoms with van der Waals surface area (Å²) in [5.74, 6) is 0.466. The maximum atomic E-state index is 9.63. The predicted molar refractivity (Wildman–Crippen MR) is 75.6 cm³/mol. The van der Waals surface area contributed by atoms with E-state index in [1.54, 1.807) is 0 Å². The Morgan fingerprint density at radius 2 is 2.11 bits per heavy atom. The standard InChI is InChI=1S/C16H22N2O/c17-10-15(14-6-2-1-3-7-14)12-18-11-13-5-4-8-16(19)9-13/h1-3,6-7,13,15-16,18-19H,4-5,8-9,11-12H2. The minimum absolute atomic E-state index is 0.0882. The number of hydrogen-bond acceptors (Lipinski definition) is 3. The number of aliphatic hydroxyl groups is 1. The topological polar surface area (TPSA) is 56.0 Å². The number of nitrogens with zero attached hydrogens (tertiary/aromatic N) is 1. The zero-order valence-corrected chi connectivity index (χ0v) is 11.3. The lowest BCUT2D eigenvalue weighted by atomic mass is 9.87. The van der Waals surface area contributed by atoms with Crippen molar-refractivity contribution in [3.63, 3.8) is 0 Å². The molecule has 3 unspecified atom stereocenters. The molecule has 3 atom stereocenters. The van der Waals surface area contributed by atoms with Crippen molar-refractivity contribution >= 4 is 0 Å². The molecule has 19 heavy (non-hydrogen) atoms. The van der Waals surface area contributed by atoms with Crippen molar-refractivity contribution in [3.05, 3.63) is 35.9 Å². The molecular formula is C16H22N2O. The molecule has 0 heterocycles. The number of aliphatic hydroxyl groups excluding tert-OH is 1. The van der Waals surface area contributed by atoms with Gasteiger partial charge in [-0.2, -0.15) is 5.26 Å². The molecule has 0 aliphatic heterocycles. The Morgan fingerprint density at radius 1 is 1.32 bits per heavy atom. The molecule has 0 amide bonds. The maximum Gasteiger partial charge on any atom is 0.0837 e. The van der Waals surface area contributed by atoms with Gasteiger partial charge in [0.1, 0.15) is 0 Å². The van der Waals surface area contributed by atoms with Crippen LogP contribution in [0.5, 0.6) is 0 Å². The van der Waals surface area contributed by atoms with Crippen molar-refractivity contribution in [2.75, 3.05) is 13.1 Å². The Balaban J connectivity index is 1.76. The van der Waals surface area contributed by atoms with Crippen LogP contribution < -0.4 is 5.32 Å². The lowest BCUT2D eigenvalue weighted by Crippen LogP contribution is -2.31. The van der Waals surface area contributed by atoms with Crippen molar-refractivity contribution < 1.29 is 5.11 Å². The summed E-state index contributed by atoms with van der Waals surface area (Å²) in [4.78, 5) is 0. The van der Waals surface area contributed by atoms with Gasteiger partial charge in [0.05, 0.1) is 18.1 Å². The summed E-state index contributed by atoms with van der Waals surface area (Å²) in [5, 5.41) is 22.3. The van der Waals surface area contributed by atoms with E-state index in [2.05, 4.69) is 11.4 Å². The van der Waals surface area contributed by atoms with Crippen LogP contribution in [0.15, 0.2) is 30.3 Å². The van der Waals surface area contributed by atoms with Crippen LogP contribution in [0.3, 0.4) is 0 Å². The molecule has 1 aromatic rings. The highest BCUT2D eigenvalue weighted by molar-refractivity contribution is 5.24. The first-order valence-corrected chi connectivity index (χ1v) is 7.13. The Bertz CT molecular complexity index is 413. The molecule has 3 heteroatoms. The summed E-state index contributed by atoms with van der Waals surface area (Å²) in [7, 11) is 0.